The van der Waals surface area contributed by atoms with Crippen molar-refractivity contribution in [3.05, 3.63) is 23.8 Å². The second-order valence-electron chi connectivity index (χ2n) is 4.30. The summed E-state index contributed by atoms with van der Waals surface area (Å²) in [5.74, 6) is -0.0194. The van der Waals surface area contributed by atoms with E-state index in [0.717, 1.165) is 32.1 Å². The van der Waals surface area contributed by atoms with Crippen LogP contribution >= 0.6 is 0 Å². The number of esters is 1. The molecule has 2 heteroatoms. The Kier molecular flexibility index (Phi) is 2.94. The van der Waals surface area contributed by atoms with Gasteiger partial charge in [-0.05, 0) is 38.2 Å². The minimum Gasteiger partial charge on any atom is -0.465 e. The fourth-order valence-corrected chi connectivity index (χ4v) is 2.38. The molecule has 0 aromatic carbocycles. The normalized spacial score (nSPS) is 22.9. The molecule has 0 bridgehead atoms. The highest BCUT2D eigenvalue weighted by molar-refractivity contribution is 5.82. The first-order valence-electron chi connectivity index (χ1n) is 5.84. The zero-order valence-electron chi connectivity index (χ0n) is 9.29. The second-order valence-corrected chi connectivity index (χ2v) is 4.30. The molecule has 2 nitrogen and oxygen atoms in total. The van der Waals surface area contributed by atoms with Crippen LogP contribution in [0.15, 0.2) is 23.8 Å². The molecule has 0 aromatic heterocycles. The Morgan fingerprint density at radius 2 is 2.27 bits per heavy atom. The lowest BCUT2D eigenvalue weighted by Crippen LogP contribution is -2.41. The third-order valence-corrected chi connectivity index (χ3v) is 3.42. The molecule has 15 heavy (non-hydrogen) atoms. The van der Waals surface area contributed by atoms with Gasteiger partial charge in [0.2, 0.25) is 0 Å². The highest BCUT2D eigenvalue weighted by Gasteiger charge is 2.47. The number of hydrogen-bond donors (Lipinski definition) is 0. The lowest BCUT2D eigenvalue weighted by Gasteiger charge is -2.41. The Morgan fingerprint density at radius 3 is 2.73 bits per heavy atom. The largest absolute Gasteiger partial charge is 0.465 e. The molecular formula is C13H18O2. The fraction of sp³-hybridized carbons (Fsp3) is 0.615. The average Bonchev–Trinajstić information content (AvgIpc) is 2.18. The van der Waals surface area contributed by atoms with Crippen LogP contribution in [-0.2, 0) is 9.53 Å². The molecule has 0 atom stereocenters. The summed E-state index contributed by atoms with van der Waals surface area (Å²) in [6.07, 6.45) is 11.7. The molecule has 0 saturated heterocycles. The number of carbonyl (C=O) groups excluding carboxylic acids is 1. The summed E-state index contributed by atoms with van der Waals surface area (Å²) in [6.45, 7) is 2.35. The van der Waals surface area contributed by atoms with Gasteiger partial charge in [-0.15, -0.1) is 0 Å². The molecular weight excluding hydrogens is 188 g/mol. The summed E-state index contributed by atoms with van der Waals surface area (Å²) in [5, 5.41) is 0. The molecule has 1 fully saturated rings. The van der Waals surface area contributed by atoms with Crippen molar-refractivity contribution in [2.24, 2.45) is 5.41 Å². The Balaban J connectivity index is 2.17. The molecule has 0 aliphatic heterocycles. The van der Waals surface area contributed by atoms with E-state index in [1.165, 1.54) is 5.57 Å². The molecule has 0 heterocycles. The lowest BCUT2D eigenvalue weighted by atomic mass is 9.63. The molecule has 0 unspecified atom stereocenters. The van der Waals surface area contributed by atoms with Crippen LogP contribution in [0.1, 0.15) is 39.0 Å². The zero-order valence-corrected chi connectivity index (χ0v) is 9.29. The average molecular weight is 206 g/mol. The van der Waals surface area contributed by atoms with Crippen LogP contribution in [0, 0.1) is 5.41 Å². The van der Waals surface area contributed by atoms with Gasteiger partial charge in [-0.2, -0.15) is 0 Å². The van der Waals surface area contributed by atoms with Crippen molar-refractivity contribution in [2.75, 3.05) is 6.61 Å². The molecule has 2 aliphatic rings. The smallest absolute Gasteiger partial charge is 0.316 e. The van der Waals surface area contributed by atoms with Gasteiger partial charge in [-0.25, -0.2) is 0 Å². The Bertz CT molecular complexity index is 308. The topological polar surface area (TPSA) is 26.3 Å². The minimum absolute atomic E-state index is 0.0194. The summed E-state index contributed by atoms with van der Waals surface area (Å²) in [7, 11) is 0. The van der Waals surface area contributed by atoms with Crippen molar-refractivity contribution in [1.29, 1.82) is 0 Å². The van der Waals surface area contributed by atoms with Crippen LogP contribution in [-0.4, -0.2) is 12.6 Å². The van der Waals surface area contributed by atoms with Crippen LogP contribution in [0.3, 0.4) is 0 Å². The van der Waals surface area contributed by atoms with E-state index in [1.54, 1.807) is 0 Å². The number of allylic oxidation sites excluding steroid dienone is 3. The van der Waals surface area contributed by atoms with Gasteiger partial charge in [0.15, 0.2) is 0 Å². The maximum absolute atomic E-state index is 11.9. The summed E-state index contributed by atoms with van der Waals surface area (Å²) < 4.78 is 5.19. The van der Waals surface area contributed by atoms with Crippen molar-refractivity contribution in [3.8, 4) is 0 Å². The Hall–Kier alpha value is -1.05. The van der Waals surface area contributed by atoms with E-state index in [2.05, 4.69) is 18.2 Å². The van der Waals surface area contributed by atoms with Crippen molar-refractivity contribution < 1.29 is 9.53 Å². The SMILES string of the molecule is CCOC(=O)C1(C2=CCCC=C2)CCC1. The Labute approximate surface area is 91.0 Å². The van der Waals surface area contributed by atoms with E-state index in [0.29, 0.717) is 6.61 Å². The first-order valence-corrected chi connectivity index (χ1v) is 5.84. The summed E-state index contributed by atoms with van der Waals surface area (Å²) in [4.78, 5) is 11.9. The van der Waals surface area contributed by atoms with Crippen molar-refractivity contribution in [1.82, 2.24) is 0 Å². The first kappa shape index (κ1) is 10.5. The monoisotopic (exact) mass is 206 g/mol. The molecule has 0 N–H and O–H groups in total. The van der Waals surface area contributed by atoms with Gasteiger partial charge in [-0.3, -0.25) is 4.79 Å². The molecule has 82 valence electrons. The highest BCUT2D eigenvalue weighted by atomic mass is 16.5. The lowest BCUT2D eigenvalue weighted by molar-refractivity contribution is -0.157. The van der Waals surface area contributed by atoms with Gasteiger partial charge in [0, 0.05) is 0 Å². The third-order valence-electron chi connectivity index (χ3n) is 3.42. The van der Waals surface area contributed by atoms with E-state index in [9.17, 15) is 4.79 Å². The van der Waals surface area contributed by atoms with Gasteiger partial charge in [0.25, 0.3) is 0 Å². The van der Waals surface area contributed by atoms with Crippen LogP contribution < -0.4 is 0 Å². The fourth-order valence-electron chi connectivity index (χ4n) is 2.38. The van der Waals surface area contributed by atoms with Gasteiger partial charge < -0.3 is 4.74 Å². The third kappa shape index (κ3) is 1.73. The van der Waals surface area contributed by atoms with E-state index in [4.69, 9.17) is 4.74 Å². The second kappa shape index (κ2) is 4.21. The number of carbonyl (C=O) groups is 1. The van der Waals surface area contributed by atoms with Crippen LogP contribution in [0.2, 0.25) is 0 Å². The maximum Gasteiger partial charge on any atom is 0.316 e. The first-order chi connectivity index (χ1) is 7.29. The molecule has 0 radical (unpaired) electrons. The molecule has 0 aromatic rings. The van der Waals surface area contributed by atoms with Gasteiger partial charge >= 0.3 is 5.97 Å². The van der Waals surface area contributed by atoms with E-state index >= 15 is 0 Å². The van der Waals surface area contributed by atoms with Crippen molar-refractivity contribution in [3.63, 3.8) is 0 Å². The van der Waals surface area contributed by atoms with Gasteiger partial charge in [-0.1, -0.05) is 24.6 Å². The summed E-state index contributed by atoms with van der Waals surface area (Å²) >= 11 is 0. The molecule has 0 amide bonds. The predicted molar refractivity (Wildman–Crippen MR) is 59.4 cm³/mol. The summed E-state index contributed by atoms with van der Waals surface area (Å²) in [6, 6.07) is 0. The minimum atomic E-state index is -0.285. The van der Waals surface area contributed by atoms with Crippen molar-refractivity contribution >= 4 is 5.97 Å². The van der Waals surface area contributed by atoms with Gasteiger partial charge in [0.05, 0.1) is 12.0 Å². The van der Waals surface area contributed by atoms with E-state index in [1.807, 2.05) is 6.92 Å². The highest BCUT2D eigenvalue weighted by Crippen LogP contribution is 2.49. The molecule has 2 rings (SSSR count). The number of hydrogen-bond acceptors (Lipinski definition) is 2. The van der Waals surface area contributed by atoms with Crippen molar-refractivity contribution in [2.45, 2.75) is 39.0 Å². The quantitative estimate of drug-likeness (QED) is 0.663. The van der Waals surface area contributed by atoms with Crippen LogP contribution in [0.5, 0.6) is 0 Å². The maximum atomic E-state index is 11.9. The van der Waals surface area contributed by atoms with Crippen LogP contribution in [0.25, 0.3) is 0 Å². The standard InChI is InChI=1S/C13H18O2/c1-2-15-12(14)13(9-6-10-13)11-7-4-3-5-8-11/h4,7-8H,2-3,5-6,9-10H2,1H3. The molecule has 2 aliphatic carbocycles. The van der Waals surface area contributed by atoms with E-state index < -0.39 is 0 Å². The number of ether oxygens (including phenoxy) is 1. The van der Waals surface area contributed by atoms with Crippen LogP contribution in [0.4, 0.5) is 0 Å². The molecule has 1 saturated carbocycles. The van der Waals surface area contributed by atoms with E-state index in [-0.39, 0.29) is 11.4 Å². The zero-order chi connectivity index (χ0) is 10.7. The Morgan fingerprint density at radius 1 is 1.47 bits per heavy atom. The summed E-state index contributed by atoms with van der Waals surface area (Å²) in [5.41, 5.74) is 0.908. The predicted octanol–water partition coefficient (Wildman–Crippen LogP) is 3.00. The van der Waals surface area contributed by atoms with Gasteiger partial charge in [0.1, 0.15) is 0 Å². The number of rotatable bonds is 3. The molecule has 0 spiro atoms.